The van der Waals surface area contributed by atoms with Gasteiger partial charge in [0.1, 0.15) is 0 Å². The van der Waals surface area contributed by atoms with Crippen LogP contribution in [0.1, 0.15) is 33.2 Å². The summed E-state index contributed by atoms with van der Waals surface area (Å²) < 4.78 is 0. The predicted molar refractivity (Wildman–Crippen MR) is 83.9 cm³/mol. The van der Waals surface area contributed by atoms with Gasteiger partial charge in [-0.3, -0.25) is 4.90 Å². The molecule has 2 aromatic rings. The molecule has 2 aromatic heterocycles. The van der Waals surface area contributed by atoms with Crippen molar-refractivity contribution in [2.45, 2.75) is 32.5 Å². The van der Waals surface area contributed by atoms with E-state index >= 15 is 0 Å². The summed E-state index contributed by atoms with van der Waals surface area (Å²) in [4.78, 5) is 7.10. The maximum atomic E-state index is 3.22. The second kappa shape index (κ2) is 5.75. The summed E-state index contributed by atoms with van der Waals surface area (Å²) in [6.45, 7) is 5.60. The van der Waals surface area contributed by atoms with Gasteiger partial charge in [0.2, 0.25) is 0 Å². The monoisotopic (exact) mass is 292 g/mol. The van der Waals surface area contributed by atoms with E-state index in [2.05, 4.69) is 40.7 Å². The molecule has 1 unspecified atom stereocenters. The van der Waals surface area contributed by atoms with E-state index in [4.69, 9.17) is 0 Å². The molecule has 4 heteroatoms. The quantitative estimate of drug-likeness (QED) is 0.925. The van der Waals surface area contributed by atoms with Gasteiger partial charge in [-0.25, -0.2) is 0 Å². The summed E-state index contributed by atoms with van der Waals surface area (Å²) in [6, 6.07) is 7.40. The predicted octanol–water partition coefficient (Wildman–Crippen LogP) is 3.65. The Morgan fingerprint density at radius 1 is 1.32 bits per heavy atom. The maximum Gasteiger partial charge on any atom is 0.0334 e. The highest BCUT2D eigenvalue weighted by Gasteiger charge is 2.24. The lowest BCUT2D eigenvalue weighted by molar-refractivity contribution is 0.193. The molecule has 102 valence electrons. The highest BCUT2D eigenvalue weighted by atomic mass is 32.1. The number of hydrogen-bond donors (Lipinski definition) is 1. The Bertz CT molecular complexity index is 544. The van der Waals surface area contributed by atoms with Crippen LogP contribution < -0.4 is 5.32 Å². The normalized spacial score (nSPS) is 19.6. The third-order valence-electron chi connectivity index (χ3n) is 3.83. The molecule has 0 radical (unpaired) electrons. The third-order valence-corrected chi connectivity index (χ3v) is 5.90. The lowest BCUT2D eigenvalue weighted by Gasteiger charge is -2.33. The molecule has 0 aliphatic carbocycles. The Labute approximate surface area is 123 Å². The van der Waals surface area contributed by atoms with Gasteiger partial charge in [0.05, 0.1) is 0 Å². The first-order chi connectivity index (χ1) is 9.28. The van der Waals surface area contributed by atoms with Crippen molar-refractivity contribution in [1.29, 1.82) is 0 Å². The van der Waals surface area contributed by atoms with E-state index in [-0.39, 0.29) is 0 Å². The van der Waals surface area contributed by atoms with Crippen molar-refractivity contribution in [3.05, 3.63) is 43.8 Å². The molecular formula is C15H20N2S2. The molecule has 3 heterocycles. The minimum atomic E-state index is 0.560. The van der Waals surface area contributed by atoms with Gasteiger partial charge in [0.25, 0.3) is 0 Å². The maximum absolute atomic E-state index is 3.22. The molecule has 1 aliphatic rings. The summed E-state index contributed by atoms with van der Waals surface area (Å²) in [5, 5.41) is 5.45. The molecule has 0 aromatic carbocycles. The fourth-order valence-electron chi connectivity index (χ4n) is 2.75. The summed E-state index contributed by atoms with van der Waals surface area (Å²) in [6.07, 6.45) is 1.21. The van der Waals surface area contributed by atoms with E-state index in [1.165, 1.54) is 22.7 Å². The van der Waals surface area contributed by atoms with Crippen LogP contribution in [0.3, 0.4) is 0 Å². The number of nitrogens with one attached hydrogen (secondary N) is 1. The van der Waals surface area contributed by atoms with Crippen molar-refractivity contribution in [1.82, 2.24) is 10.2 Å². The van der Waals surface area contributed by atoms with Crippen LogP contribution in [0, 0.1) is 0 Å². The fraction of sp³-hybridized carbons (Fsp3) is 0.467. The highest BCUT2D eigenvalue weighted by Crippen LogP contribution is 2.34. The summed E-state index contributed by atoms with van der Waals surface area (Å²) in [5.74, 6) is 0. The van der Waals surface area contributed by atoms with Crippen molar-refractivity contribution in [2.75, 3.05) is 13.6 Å². The molecule has 1 aliphatic heterocycles. The lowest BCUT2D eigenvalue weighted by atomic mass is 10.0. The van der Waals surface area contributed by atoms with Crippen LogP contribution in [-0.4, -0.2) is 18.5 Å². The van der Waals surface area contributed by atoms with Gasteiger partial charge in [-0.15, -0.1) is 22.7 Å². The fourth-order valence-corrected chi connectivity index (χ4v) is 4.77. The van der Waals surface area contributed by atoms with Crippen molar-refractivity contribution in [3.63, 3.8) is 0 Å². The number of nitrogens with zero attached hydrogens (tertiary/aromatic N) is 1. The lowest BCUT2D eigenvalue weighted by Crippen LogP contribution is -2.32. The zero-order valence-electron chi connectivity index (χ0n) is 11.5. The number of rotatable bonds is 4. The van der Waals surface area contributed by atoms with E-state index in [1.807, 2.05) is 29.7 Å². The Balaban J connectivity index is 1.70. The molecule has 1 N–H and O–H groups in total. The first-order valence-corrected chi connectivity index (χ1v) is 8.50. The van der Waals surface area contributed by atoms with Crippen molar-refractivity contribution < 1.29 is 0 Å². The van der Waals surface area contributed by atoms with Gasteiger partial charge in [-0.1, -0.05) is 0 Å². The molecule has 0 bridgehead atoms. The zero-order valence-corrected chi connectivity index (χ0v) is 13.1. The van der Waals surface area contributed by atoms with Gasteiger partial charge in [-0.05, 0) is 49.5 Å². The van der Waals surface area contributed by atoms with Gasteiger partial charge in [-0.2, -0.15) is 0 Å². The van der Waals surface area contributed by atoms with Gasteiger partial charge in [0, 0.05) is 40.3 Å². The smallest absolute Gasteiger partial charge is 0.0334 e. The molecule has 0 saturated heterocycles. The third kappa shape index (κ3) is 2.77. The van der Waals surface area contributed by atoms with Crippen LogP contribution in [0.2, 0.25) is 0 Å². The van der Waals surface area contributed by atoms with Crippen LogP contribution in [0.4, 0.5) is 0 Å². The van der Waals surface area contributed by atoms with Gasteiger partial charge in [0.15, 0.2) is 0 Å². The number of thiophene rings is 2. The molecule has 0 fully saturated rings. The largest absolute Gasteiger partial charge is 0.315 e. The number of fused-ring (bicyclic) bond motifs is 1. The first-order valence-electron chi connectivity index (χ1n) is 6.80. The molecular weight excluding hydrogens is 272 g/mol. The SMILES string of the molecule is CNCc1ccc(CN2CCc3sccc3C2C)s1. The molecule has 1 atom stereocenters. The summed E-state index contributed by atoms with van der Waals surface area (Å²) >= 11 is 3.85. The molecule has 0 spiro atoms. The summed E-state index contributed by atoms with van der Waals surface area (Å²) in [5.41, 5.74) is 1.54. The van der Waals surface area contributed by atoms with Crippen molar-refractivity contribution in [3.8, 4) is 0 Å². The van der Waals surface area contributed by atoms with E-state index in [1.54, 1.807) is 10.4 Å². The van der Waals surface area contributed by atoms with E-state index in [9.17, 15) is 0 Å². The highest BCUT2D eigenvalue weighted by molar-refractivity contribution is 7.12. The minimum absolute atomic E-state index is 0.560. The van der Waals surface area contributed by atoms with Gasteiger partial charge >= 0.3 is 0 Å². The van der Waals surface area contributed by atoms with Crippen molar-refractivity contribution in [2.24, 2.45) is 0 Å². The molecule has 2 nitrogen and oxygen atoms in total. The molecule has 0 saturated carbocycles. The van der Waals surface area contributed by atoms with Crippen LogP contribution >= 0.6 is 22.7 Å². The average Bonchev–Trinajstić information content (AvgIpc) is 3.03. The zero-order chi connectivity index (χ0) is 13.2. The van der Waals surface area contributed by atoms with Crippen LogP contribution in [-0.2, 0) is 19.5 Å². The van der Waals surface area contributed by atoms with E-state index in [0.29, 0.717) is 6.04 Å². The van der Waals surface area contributed by atoms with E-state index in [0.717, 1.165) is 13.1 Å². The van der Waals surface area contributed by atoms with Gasteiger partial charge < -0.3 is 5.32 Å². The summed E-state index contributed by atoms with van der Waals surface area (Å²) in [7, 11) is 2.00. The molecule has 0 amide bonds. The van der Waals surface area contributed by atoms with Crippen LogP contribution in [0.25, 0.3) is 0 Å². The van der Waals surface area contributed by atoms with E-state index < -0.39 is 0 Å². The van der Waals surface area contributed by atoms with Crippen LogP contribution in [0.15, 0.2) is 23.6 Å². The second-order valence-electron chi connectivity index (χ2n) is 5.09. The minimum Gasteiger partial charge on any atom is -0.315 e. The Hall–Kier alpha value is -0.680. The first kappa shape index (κ1) is 13.3. The van der Waals surface area contributed by atoms with Crippen LogP contribution in [0.5, 0.6) is 0 Å². The Morgan fingerprint density at radius 3 is 3.00 bits per heavy atom. The second-order valence-corrected chi connectivity index (χ2v) is 7.35. The Morgan fingerprint density at radius 2 is 2.16 bits per heavy atom. The standard InChI is InChI=1S/C15H20N2S2/c1-11-14-6-8-18-15(14)5-7-17(11)10-13-4-3-12(19-13)9-16-2/h3-4,6,8,11,16H,5,7,9-10H2,1-2H3. The average molecular weight is 292 g/mol. The topological polar surface area (TPSA) is 15.3 Å². The van der Waals surface area contributed by atoms with Crippen molar-refractivity contribution >= 4 is 22.7 Å². The Kier molecular flexibility index (Phi) is 4.03. The molecule has 3 rings (SSSR count). The molecule has 19 heavy (non-hydrogen) atoms. The number of hydrogen-bond acceptors (Lipinski definition) is 4.